The second-order valence-corrected chi connectivity index (χ2v) is 6.51. The average Bonchev–Trinajstić information content (AvgIpc) is 2.60. The maximum absolute atomic E-state index is 12.2. The van der Waals surface area contributed by atoms with Gasteiger partial charge >= 0.3 is 6.09 Å². The van der Waals surface area contributed by atoms with Crippen LogP contribution >= 0.6 is 0 Å². The summed E-state index contributed by atoms with van der Waals surface area (Å²) in [5.41, 5.74) is -0.0674. The third-order valence-electron chi connectivity index (χ3n) is 4.42. The van der Waals surface area contributed by atoms with Gasteiger partial charge in [0.15, 0.2) is 11.3 Å². The van der Waals surface area contributed by atoms with Crippen molar-refractivity contribution in [1.29, 1.82) is 0 Å². The lowest BCUT2D eigenvalue weighted by molar-refractivity contribution is -0.141. The summed E-state index contributed by atoms with van der Waals surface area (Å²) in [6.07, 6.45) is 2.98. The Morgan fingerprint density at radius 1 is 1.27 bits per heavy atom. The van der Waals surface area contributed by atoms with E-state index in [9.17, 15) is 9.90 Å². The largest absolute Gasteiger partial charge is 0.438 e. The molecule has 22 heavy (non-hydrogen) atoms. The van der Waals surface area contributed by atoms with Gasteiger partial charge in [-0.05, 0) is 46.1 Å². The fraction of sp³-hybridized carbons (Fsp3) is 0.500. The summed E-state index contributed by atoms with van der Waals surface area (Å²) in [5, 5.41) is 10.9. The minimum atomic E-state index is -1.34. The Bertz CT molecular complexity index is 561. The molecule has 1 aromatic carbocycles. The Kier molecular flexibility index (Phi) is 4.61. The summed E-state index contributed by atoms with van der Waals surface area (Å²) in [6.45, 7) is 7.86. The summed E-state index contributed by atoms with van der Waals surface area (Å²) in [7, 11) is 0. The third kappa shape index (κ3) is 3.17. The highest BCUT2D eigenvalue weighted by Gasteiger charge is 2.58. The van der Waals surface area contributed by atoms with Crippen molar-refractivity contribution in [2.75, 3.05) is 0 Å². The van der Waals surface area contributed by atoms with E-state index >= 15 is 0 Å². The van der Waals surface area contributed by atoms with Crippen molar-refractivity contribution in [2.45, 2.75) is 58.4 Å². The normalized spacial score (nSPS) is 27.7. The highest BCUT2D eigenvalue weighted by atomic mass is 16.6. The van der Waals surface area contributed by atoms with Gasteiger partial charge in [0.25, 0.3) is 0 Å². The van der Waals surface area contributed by atoms with Crippen LogP contribution in [0.1, 0.15) is 46.1 Å². The monoisotopic (exact) mass is 303 g/mol. The zero-order valence-corrected chi connectivity index (χ0v) is 13.8. The molecular weight excluding hydrogens is 278 g/mol. The fourth-order valence-corrected chi connectivity index (χ4v) is 2.72. The molecule has 4 heteroatoms. The first kappa shape index (κ1) is 16.6. The van der Waals surface area contributed by atoms with Crippen LogP contribution in [0.15, 0.2) is 42.0 Å². The number of allylic oxidation sites excluding steroid dienone is 2. The molecule has 0 radical (unpaired) electrons. The molecule has 1 aromatic rings. The van der Waals surface area contributed by atoms with Crippen LogP contribution in [-0.2, 0) is 11.3 Å². The molecular formula is C18H25NO3. The number of hydrogen-bond donors (Lipinski definition) is 1. The number of benzene rings is 1. The lowest BCUT2D eigenvalue weighted by atomic mass is 9.88. The van der Waals surface area contributed by atoms with Gasteiger partial charge in [0, 0.05) is 0 Å². The molecule has 0 bridgehead atoms. The third-order valence-corrected chi connectivity index (χ3v) is 4.42. The van der Waals surface area contributed by atoms with Crippen LogP contribution in [0.3, 0.4) is 0 Å². The van der Waals surface area contributed by atoms with Crippen molar-refractivity contribution in [2.24, 2.45) is 0 Å². The topological polar surface area (TPSA) is 49.8 Å². The predicted molar refractivity (Wildman–Crippen MR) is 86.2 cm³/mol. The van der Waals surface area contributed by atoms with Gasteiger partial charge < -0.3 is 9.84 Å². The molecule has 1 aliphatic rings. The van der Waals surface area contributed by atoms with E-state index in [4.69, 9.17) is 4.74 Å². The number of rotatable bonds is 5. The fourth-order valence-electron chi connectivity index (χ4n) is 2.72. The minimum Gasteiger partial charge on any atom is -0.438 e. The number of cyclic esters (lactones) is 1. The molecule has 0 saturated carbocycles. The summed E-state index contributed by atoms with van der Waals surface area (Å²) in [6, 6.07) is 9.62. The Morgan fingerprint density at radius 2 is 1.91 bits per heavy atom. The zero-order valence-electron chi connectivity index (χ0n) is 13.8. The van der Waals surface area contributed by atoms with Gasteiger partial charge in [-0.2, -0.15) is 0 Å². The Labute approximate surface area is 132 Å². The van der Waals surface area contributed by atoms with Gasteiger partial charge in [0.05, 0.1) is 6.54 Å². The second-order valence-electron chi connectivity index (χ2n) is 6.51. The lowest BCUT2D eigenvalue weighted by Crippen LogP contribution is -2.54. The number of aliphatic hydroxyl groups is 1. The molecule has 1 saturated heterocycles. The maximum Gasteiger partial charge on any atom is 0.413 e. The van der Waals surface area contributed by atoms with Crippen molar-refractivity contribution in [3.8, 4) is 0 Å². The van der Waals surface area contributed by atoms with Gasteiger partial charge in [0.2, 0.25) is 0 Å². The SMILES string of the molecule is CC(C)=CCC[C@@]1(C)OC(=O)N(Cc2ccccc2)[C@@]1(C)O. The van der Waals surface area contributed by atoms with Crippen LogP contribution in [0.5, 0.6) is 0 Å². The van der Waals surface area contributed by atoms with Crippen molar-refractivity contribution < 1.29 is 14.6 Å². The number of carbonyl (C=O) groups is 1. The number of ether oxygens (including phenoxy) is 1. The van der Waals surface area contributed by atoms with E-state index < -0.39 is 17.4 Å². The molecule has 2 atom stereocenters. The molecule has 1 heterocycles. The van der Waals surface area contributed by atoms with E-state index in [1.807, 2.05) is 44.2 Å². The Balaban J connectivity index is 2.16. The zero-order chi connectivity index (χ0) is 16.4. The molecule has 0 aliphatic carbocycles. The molecule has 1 aliphatic heterocycles. The smallest absolute Gasteiger partial charge is 0.413 e. The molecule has 1 N–H and O–H groups in total. The molecule has 0 aromatic heterocycles. The van der Waals surface area contributed by atoms with E-state index in [0.29, 0.717) is 13.0 Å². The van der Waals surface area contributed by atoms with Crippen LogP contribution < -0.4 is 0 Å². The van der Waals surface area contributed by atoms with Crippen LogP contribution in [0.4, 0.5) is 4.79 Å². The highest BCUT2D eigenvalue weighted by Crippen LogP contribution is 2.41. The molecule has 2 rings (SSSR count). The predicted octanol–water partition coefficient (Wildman–Crippen LogP) is 3.85. The second kappa shape index (κ2) is 6.13. The van der Waals surface area contributed by atoms with Crippen LogP contribution in [0.2, 0.25) is 0 Å². The van der Waals surface area contributed by atoms with E-state index in [0.717, 1.165) is 12.0 Å². The average molecular weight is 303 g/mol. The molecule has 0 spiro atoms. The first-order valence-electron chi connectivity index (χ1n) is 7.66. The minimum absolute atomic E-state index is 0.338. The summed E-state index contributed by atoms with van der Waals surface area (Å²) < 4.78 is 5.54. The standard InChI is InChI=1S/C18H25NO3/c1-14(2)9-8-12-17(3)18(4,21)19(16(20)22-17)13-15-10-6-5-7-11-15/h5-7,9-11,21H,8,12-13H2,1-4H3/t17-,18+/m1/s1. The van der Waals surface area contributed by atoms with Gasteiger partial charge in [-0.3, -0.25) is 4.90 Å². The first-order chi connectivity index (χ1) is 10.3. The summed E-state index contributed by atoms with van der Waals surface area (Å²) in [5.74, 6) is 0. The van der Waals surface area contributed by atoms with Crippen molar-refractivity contribution >= 4 is 6.09 Å². The van der Waals surface area contributed by atoms with Crippen molar-refractivity contribution in [1.82, 2.24) is 4.90 Å². The van der Waals surface area contributed by atoms with E-state index in [1.54, 1.807) is 13.8 Å². The quantitative estimate of drug-likeness (QED) is 0.840. The summed E-state index contributed by atoms with van der Waals surface area (Å²) >= 11 is 0. The van der Waals surface area contributed by atoms with Crippen LogP contribution in [0.25, 0.3) is 0 Å². The Morgan fingerprint density at radius 3 is 2.50 bits per heavy atom. The van der Waals surface area contributed by atoms with Crippen LogP contribution in [0, 0.1) is 0 Å². The molecule has 1 fully saturated rings. The van der Waals surface area contributed by atoms with Crippen molar-refractivity contribution in [3.05, 3.63) is 47.5 Å². The number of hydrogen-bond acceptors (Lipinski definition) is 3. The van der Waals surface area contributed by atoms with Gasteiger partial charge in [-0.1, -0.05) is 42.0 Å². The van der Waals surface area contributed by atoms with Crippen LogP contribution in [-0.4, -0.2) is 27.4 Å². The van der Waals surface area contributed by atoms with E-state index in [-0.39, 0.29) is 0 Å². The van der Waals surface area contributed by atoms with Crippen molar-refractivity contribution in [3.63, 3.8) is 0 Å². The van der Waals surface area contributed by atoms with Gasteiger partial charge in [0.1, 0.15) is 0 Å². The Hall–Kier alpha value is -1.81. The van der Waals surface area contributed by atoms with Gasteiger partial charge in [-0.25, -0.2) is 4.79 Å². The number of amides is 1. The first-order valence-corrected chi connectivity index (χ1v) is 7.66. The molecule has 0 unspecified atom stereocenters. The lowest BCUT2D eigenvalue weighted by Gasteiger charge is -2.37. The number of carbonyl (C=O) groups excluding carboxylic acids is 1. The number of nitrogens with zero attached hydrogens (tertiary/aromatic N) is 1. The van der Waals surface area contributed by atoms with E-state index in [1.165, 1.54) is 10.5 Å². The molecule has 120 valence electrons. The summed E-state index contributed by atoms with van der Waals surface area (Å²) in [4.78, 5) is 13.6. The van der Waals surface area contributed by atoms with Gasteiger partial charge in [-0.15, -0.1) is 0 Å². The van der Waals surface area contributed by atoms with E-state index in [2.05, 4.69) is 6.08 Å². The molecule has 1 amide bonds. The maximum atomic E-state index is 12.2. The molecule has 4 nitrogen and oxygen atoms in total. The highest BCUT2D eigenvalue weighted by molar-refractivity contribution is 5.72.